The average Bonchev–Trinajstić information content (AvgIpc) is 3.39. The zero-order valence-electron chi connectivity index (χ0n) is 30.0. The van der Waals surface area contributed by atoms with Gasteiger partial charge in [-0.05, 0) is 124 Å². The molecule has 0 spiro atoms. The van der Waals surface area contributed by atoms with Gasteiger partial charge in [-0.1, -0.05) is 20.8 Å². The quantitative estimate of drug-likeness (QED) is 0.166. The Morgan fingerprint density at radius 3 is 1.60 bits per heavy atom. The predicted molar refractivity (Wildman–Crippen MR) is 168 cm³/mol. The molecule has 5 fully saturated rings. The number of carbonyl (C=O) groups excluding carboxylic acids is 4. The molecular weight excluding hydrogens is 621 g/mol. The van der Waals surface area contributed by atoms with Crippen molar-refractivity contribution in [2.45, 2.75) is 151 Å². The lowest BCUT2D eigenvalue weighted by Crippen LogP contribution is -2.53. The molecule has 0 aromatic rings. The summed E-state index contributed by atoms with van der Waals surface area (Å²) in [6, 6.07) is 0. The highest BCUT2D eigenvalue weighted by molar-refractivity contribution is 5.77. The van der Waals surface area contributed by atoms with E-state index in [1.54, 1.807) is 20.8 Å². The van der Waals surface area contributed by atoms with Crippen LogP contribution in [0.5, 0.6) is 0 Å². The summed E-state index contributed by atoms with van der Waals surface area (Å²) >= 11 is 0. The van der Waals surface area contributed by atoms with Crippen molar-refractivity contribution in [3.63, 3.8) is 0 Å². The maximum absolute atomic E-state index is 12.4. The molecule has 272 valence electrons. The van der Waals surface area contributed by atoms with E-state index in [4.69, 9.17) is 14.2 Å². The van der Waals surface area contributed by atoms with E-state index in [1.807, 2.05) is 34.6 Å². The van der Waals surface area contributed by atoms with Crippen molar-refractivity contribution in [3.8, 4) is 0 Å². The first-order valence-corrected chi connectivity index (χ1v) is 17.0. The van der Waals surface area contributed by atoms with Crippen molar-refractivity contribution in [3.05, 3.63) is 0 Å². The Morgan fingerprint density at radius 2 is 1.21 bits per heavy atom. The van der Waals surface area contributed by atoms with Gasteiger partial charge in [0.25, 0.3) is 0 Å². The largest absolute Gasteiger partial charge is 0.508 e. The second-order valence-electron chi connectivity index (χ2n) is 15.7. The lowest BCUT2D eigenvalue weighted by atomic mass is 9.54. The second-order valence-corrected chi connectivity index (χ2v) is 15.7. The first-order valence-electron chi connectivity index (χ1n) is 17.0. The lowest BCUT2D eigenvalue weighted by Gasteiger charge is -2.56. The van der Waals surface area contributed by atoms with Gasteiger partial charge in [-0.15, -0.1) is 0 Å². The van der Waals surface area contributed by atoms with Crippen LogP contribution in [0.25, 0.3) is 0 Å². The minimum absolute atomic E-state index is 0.0342. The van der Waals surface area contributed by atoms with Crippen LogP contribution in [-0.4, -0.2) is 61.3 Å². The number of rotatable bonds is 10. The van der Waals surface area contributed by atoms with Gasteiger partial charge in [0.15, 0.2) is 12.2 Å². The molecule has 1 heterocycles. The Kier molecular flexibility index (Phi) is 13.7. The van der Waals surface area contributed by atoms with Crippen LogP contribution in [0.1, 0.15) is 127 Å². The van der Waals surface area contributed by atoms with E-state index in [2.05, 4.69) is 16.4 Å². The molecular formula is C35H57F3O9. The fourth-order valence-corrected chi connectivity index (χ4v) is 6.12. The number of esters is 3. The SMILES string of the molecule is CCC(C)(C)C(=O)OC(C)C(F)(F)F.CCC(C)(C)C(=O)OC12CC3CC(CC(C3)C1)C2.CCC(C)(C)C(=O)OCC1COC(=O)O1. The summed E-state index contributed by atoms with van der Waals surface area (Å²) in [7, 11) is 0. The van der Waals surface area contributed by atoms with E-state index in [0.29, 0.717) is 12.8 Å². The van der Waals surface area contributed by atoms with Crippen LogP contribution in [-0.2, 0) is 38.1 Å². The van der Waals surface area contributed by atoms with E-state index in [1.165, 1.54) is 19.3 Å². The van der Waals surface area contributed by atoms with E-state index in [9.17, 15) is 32.3 Å². The van der Waals surface area contributed by atoms with Crippen LogP contribution in [0.15, 0.2) is 0 Å². The molecule has 4 bridgehead atoms. The Bertz CT molecular complexity index is 1060. The van der Waals surface area contributed by atoms with Crippen molar-refractivity contribution in [2.24, 2.45) is 34.0 Å². The van der Waals surface area contributed by atoms with Gasteiger partial charge in [0.05, 0.1) is 16.2 Å². The molecule has 0 aromatic carbocycles. The fourth-order valence-electron chi connectivity index (χ4n) is 6.12. The van der Waals surface area contributed by atoms with E-state index in [-0.39, 0.29) is 36.2 Å². The second kappa shape index (κ2) is 15.8. The minimum atomic E-state index is -4.49. The standard InChI is InChI=1S/C16H26O2.C10H16O5.C9H15F3O2/c1-4-15(2,3)14(17)18-16-8-11-5-12(9-16)7-13(6-11)10-16;1-4-10(2,3)8(11)13-5-7-6-14-9(12)15-7;1-5-8(3,4)7(13)14-6(2)9(10,11)12/h11-13H,4-10H2,1-3H3;7H,4-6H2,1-3H3;6H,5H2,1-4H3. The molecule has 2 unspecified atom stereocenters. The molecule has 0 amide bonds. The average molecular weight is 679 g/mol. The lowest BCUT2D eigenvalue weighted by molar-refractivity contribution is -0.221. The Morgan fingerprint density at radius 1 is 0.787 bits per heavy atom. The maximum Gasteiger partial charge on any atom is 0.508 e. The third-order valence-electron chi connectivity index (χ3n) is 10.4. The number of halogens is 3. The zero-order chi connectivity index (χ0) is 36.0. The van der Waals surface area contributed by atoms with Gasteiger partial charge in [-0.2, -0.15) is 13.2 Å². The highest BCUT2D eigenvalue weighted by Crippen LogP contribution is 2.57. The van der Waals surface area contributed by atoms with Crippen molar-refractivity contribution in [1.82, 2.24) is 0 Å². The Balaban J connectivity index is 0.000000248. The summed E-state index contributed by atoms with van der Waals surface area (Å²) in [6.45, 7) is 17.5. The van der Waals surface area contributed by atoms with Crippen molar-refractivity contribution >= 4 is 24.1 Å². The summed E-state index contributed by atoms with van der Waals surface area (Å²) in [4.78, 5) is 45.7. The number of alkyl halides is 3. The first-order chi connectivity index (χ1) is 21.5. The normalized spacial score (nSPS) is 27.2. The number of carbonyl (C=O) groups is 4. The molecule has 4 saturated carbocycles. The van der Waals surface area contributed by atoms with Crippen LogP contribution >= 0.6 is 0 Å². The minimum Gasteiger partial charge on any atom is -0.461 e. The maximum atomic E-state index is 12.4. The van der Waals surface area contributed by atoms with Gasteiger partial charge in [0.1, 0.15) is 18.8 Å². The van der Waals surface area contributed by atoms with Crippen LogP contribution in [0.2, 0.25) is 0 Å². The molecule has 4 aliphatic carbocycles. The molecule has 0 N–H and O–H groups in total. The monoisotopic (exact) mass is 678 g/mol. The van der Waals surface area contributed by atoms with Crippen LogP contribution in [0.4, 0.5) is 18.0 Å². The predicted octanol–water partition coefficient (Wildman–Crippen LogP) is 8.35. The molecule has 9 nitrogen and oxygen atoms in total. The molecule has 1 aliphatic heterocycles. The molecule has 5 aliphatic rings. The number of ether oxygens (including phenoxy) is 5. The van der Waals surface area contributed by atoms with Crippen LogP contribution in [0.3, 0.4) is 0 Å². The van der Waals surface area contributed by atoms with Gasteiger partial charge in [-0.25, -0.2) is 4.79 Å². The van der Waals surface area contributed by atoms with Crippen LogP contribution < -0.4 is 0 Å². The van der Waals surface area contributed by atoms with E-state index < -0.39 is 41.3 Å². The summed E-state index contributed by atoms with van der Waals surface area (Å²) < 4.78 is 60.8. The van der Waals surface area contributed by atoms with Gasteiger partial charge in [-0.3, -0.25) is 14.4 Å². The Hall–Kier alpha value is -2.53. The molecule has 0 aromatic heterocycles. The van der Waals surface area contributed by atoms with Gasteiger partial charge < -0.3 is 23.7 Å². The van der Waals surface area contributed by atoms with Gasteiger partial charge in [0, 0.05) is 0 Å². The van der Waals surface area contributed by atoms with Gasteiger partial charge >= 0.3 is 30.2 Å². The van der Waals surface area contributed by atoms with Gasteiger partial charge in [0.2, 0.25) is 0 Å². The van der Waals surface area contributed by atoms with Crippen molar-refractivity contribution in [1.29, 1.82) is 0 Å². The zero-order valence-corrected chi connectivity index (χ0v) is 30.0. The third-order valence-corrected chi connectivity index (χ3v) is 10.4. The number of hydrogen-bond donors (Lipinski definition) is 0. The topological polar surface area (TPSA) is 114 Å². The Labute approximate surface area is 278 Å². The fraction of sp³-hybridized carbons (Fsp3) is 0.886. The van der Waals surface area contributed by atoms with Crippen LogP contribution in [0, 0.1) is 34.0 Å². The molecule has 5 rings (SSSR count). The number of hydrogen-bond acceptors (Lipinski definition) is 9. The van der Waals surface area contributed by atoms with Crippen molar-refractivity contribution < 1.29 is 56.0 Å². The smallest absolute Gasteiger partial charge is 0.461 e. The van der Waals surface area contributed by atoms with E-state index >= 15 is 0 Å². The summed E-state index contributed by atoms with van der Waals surface area (Å²) in [5.74, 6) is 1.46. The van der Waals surface area contributed by atoms with Crippen molar-refractivity contribution in [2.75, 3.05) is 13.2 Å². The first kappa shape index (κ1) is 40.6. The third kappa shape index (κ3) is 11.5. The molecule has 0 radical (unpaired) electrons. The molecule has 2 atom stereocenters. The molecule has 47 heavy (non-hydrogen) atoms. The molecule has 12 heteroatoms. The molecule has 1 saturated heterocycles. The summed E-state index contributed by atoms with van der Waals surface area (Å²) in [5, 5.41) is 0. The number of cyclic esters (lactones) is 2. The van der Waals surface area contributed by atoms with E-state index in [0.717, 1.165) is 50.4 Å². The highest BCUT2D eigenvalue weighted by Gasteiger charge is 2.54. The highest BCUT2D eigenvalue weighted by atomic mass is 19.4. The summed E-state index contributed by atoms with van der Waals surface area (Å²) in [6.07, 6.45) is 1.93. The summed E-state index contributed by atoms with van der Waals surface area (Å²) in [5.41, 5.74) is -1.75.